The average molecular weight is 682 g/mol. The SMILES string of the molecule is O=C1c2ccccc2-c2c(-c3cc4c5c(cccc5n3)C=C4)[c-]ccc21.O=S(=O)(O)c1ccccn1.[Ir]. The molecule has 2 aliphatic rings. The molecule has 2 aliphatic carbocycles. The maximum Gasteiger partial charge on any atom is 0.312 e. The van der Waals surface area contributed by atoms with Gasteiger partial charge in [0.05, 0.1) is 5.52 Å². The Labute approximate surface area is 226 Å². The van der Waals surface area contributed by atoms with Crippen LogP contribution in [0.5, 0.6) is 0 Å². The van der Waals surface area contributed by atoms with E-state index in [4.69, 9.17) is 9.54 Å². The van der Waals surface area contributed by atoms with Crippen LogP contribution in [-0.4, -0.2) is 28.7 Å². The average Bonchev–Trinajstić information content (AvgIpc) is 3.45. The molecular weight excluding hydrogens is 665 g/mol. The zero-order chi connectivity index (χ0) is 24.9. The molecule has 37 heavy (non-hydrogen) atoms. The minimum atomic E-state index is -4.11. The minimum Gasteiger partial charge on any atom is -0.296 e. The van der Waals surface area contributed by atoms with Gasteiger partial charge < -0.3 is 0 Å². The van der Waals surface area contributed by atoms with E-state index in [2.05, 4.69) is 35.3 Å². The fourth-order valence-electron chi connectivity index (χ4n) is 4.64. The van der Waals surface area contributed by atoms with E-state index in [-0.39, 0.29) is 30.9 Å². The predicted molar refractivity (Wildman–Crippen MR) is 138 cm³/mol. The molecule has 0 spiro atoms. The van der Waals surface area contributed by atoms with Crippen molar-refractivity contribution in [2.24, 2.45) is 0 Å². The molecule has 0 unspecified atom stereocenters. The molecule has 2 aromatic heterocycles. The molecule has 6 nitrogen and oxygen atoms in total. The third kappa shape index (κ3) is 4.34. The van der Waals surface area contributed by atoms with Crippen molar-refractivity contribution < 1.29 is 37.9 Å². The summed E-state index contributed by atoms with van der Waals surface area (Å²) in [6.45, 7) is 0. The van der Waals surface area contributed by atoms with Gasteiger partial charge in [0.25, 0.3) is 0 Å². The van der Waals surface area contributed by atoms with E-state index in [0.29, 0.717) is 0 Å². The van der Waals surface area contributed by atoms with Crippen molar-refractivity contribution >= 4 is 39.0 Å². The molecular formula is C29H17IrN2O4S-. The van der Waals surface area contributed by atoms with Crippen molar-refractivity contribution in [1.82, 2.24) is 9.97 Å². The van der Waals surface area contributed by atoms with E-state index in [0.717, 1.165) is 39.0 Å². The number of carbonyl (C=O) groups is 1. The van der Waals surface area contributed by atoms with Crippen LogP contribution in [0.4, 0.5) is 0 Å². The summed E-state index contributed by atoms with van der Waals surface area (Å²) >= 11 is 0. The van der Waals surface area contributed by atoms with E-state index in [9.17, 15) is 13.2 Å². The summed E-state index contributed by atoms with van der Waals surface area (Å²) in [4.78, 5) is 21.1. The standard InChI is InChI=1S/C24H12NO.C5H5NO3S.Ir/c26-24-17-7-2-1-6-16(17)23-18(8-4-9-19(23)24)21-13-15-12-11-14-5-3-10-20(25-21)22(14)15;7-10(8,9)5-3-1-2-4-6-5;/h1-7,9-13H;1-4H,(H,7,8,9);/q-1;;. The molecule has 0 aliphatic heterocycles. The van der Waals surface area contributed by atoms with Crippen molar-refractivity contribution in [1.29, 1.82) is 0 Å². The summed E-state index contributed by atoms with van der Waals surface area (Å²) in [6.07, 6.45) is 5.55. The zero-order valence-electron chi connectivity index (χ0n) is 19.0. The number of aromatic nitrogens is 2. The molecule has 0 bridgehead atoms. The van der Waals surface area contributed by atoms with Gasteiger partial charge in [0.15, 0.2) is 10.8 Å². The molecule has 1 N–H and O–H groups in total. The van der Waals surface area contributed by atoms with Crippen LogP contribution in [0.2, 0.25) is 0 Å². The van der Waals surface area contributed by atoms with Gasteiger partial charge in [-0.2, -0.15) is 8.42 Å². The number of benzene rings is 3. The number of hydrogen-bond donors (Lipinski definition) is 1. The Morgan fingerprint density at radius 2 is 1.57 bits per heavy atom. The molecule has 0 saturated heterocycles. The monoisotopic (exact) mass is 682 g/mol. The molecule has 3 aromatic carbocycles. The second kappa shape index (κ2) is 9.57. The van der Waals surface area contributed by atoms with Gasteiger partial charge in [0.2, 0.25) is 0 Å². The van der Waals surface area contributed by atoms with Gasteiger partial charge in [0, 0.05) is 37.3 Å². The molecule has 5 aromatic rings. The third-order valence-electron chi connectivity index (χ3n) is 6.18. The summed E-state index contributed by atoms with van der Waals surface area (Å²) in [5.41, 5.74) is 8.53. The van der Waals surface area contributed by atoms with Gasteiger partial charge in [-0.25, -0.2) is 4.98 Å². The van der Waals surface area contributed by atoms with Crippen LogP contribution in [0.1, 0.15) is 27.0 Å². The fraction of sp³-hybridized carbons (Fsp3) is 0. The molecule has 0 fully saturated rings. The Kier molecular flexibility index (Phi) is 6.43. The van der Waals surface area contributed by atoms with Crippen LogP contribution in [-0.2, 0) is 30.2 Å². The molecule has 1 radical (unpaired) electrons. The van der Waals surface area contributed by atoms with E-state index in [1.165, 1.54) is 34.8 Å². The molecule has 0 saturated carbocycles. The van der Waals surface area contributed by atoms with Crippen LogP contribution in [0, 0.1) is 6.07 Å². The number of hydrogen-bond acceptors (Lipinski definition) is 5. The fourth-order valence-corrected chi connectivity index (χ4v) is 5.08. The molecule has 183 valence electrons. The van der Waals surface area contributed by atoms with E-state index in [1.54, 1.807) is 6.07 Å². The maximum atomic E-state index is 12.8. The van der Waals surface area contributed by atoms with Crippen LogP contribution < -0.4 is 0 Å². The summed E-state index contributed by atoms with van der Waals surface area (Å²) in [5.74, 6) is 0.0818. The molecule has 0 amide bonds. The number of rotatable bonds is 2. The number of carbonyl (C=O) groups excluding carboxylic acids is 1. The first-order valence-corrected chi connectivity index (χ1v) is 12.6. The second-order valence-corrected chi connectivity index (χ2v) is 9.70. The Hall–Kier alpha value is -3.81. The summed E-state index contributed by atoms with van der Waals surface area (Å²) in [6, 6.07) is 27.4. The van der Waals surface area contributed by atoms with Crippen molar-refractivity contribution in [2.75, 3.05) is 0 Å². The molecule has 8 heteroatoms. The van der Waals surface area contributed by atoms with Crippen molar-refractivity contribution in [3.8, 4) is 22.4 Å². The van der Waals surface area contributed by atoms with Crippen LogP contribution in [0.3, 0.4) is 0 Å². The van der Waals surface area contributed by atoms with E-state index in [1.807, 2.05) is 48.5 Å². The summed E-state index contributed by atoms with van der Waals surface area (Å²) in [5, 5.41) is 0.871. The van der Waals surface area contributed by atoms with Crippen molar-refractivity contribution in [3.63, 3.8) is 0 Å². The molecule has 0 atom stereocenters. The summed E-state index contributed by atoms with van der Waals surface area (Å²) in [7, 11) is -4.11. The number of pyridine rings is 2. The van der Waals surface area contributed by atoms with E-state index < -0.39 is 10.1 Å². The van der Waals surface area contributed by atoms with Crippen LogP contribution >= 0.6 is 0 Å². The quantitative estimate of drug-likeness (QED) is 0.185. The largest absolute Gasteiger partial charge is 0.312 e. The second-order valence-electron chi connectivity index (χ2n) is 8.33. The van der Waals surface area contributed by atoms with E-state index >= 15 is 0 Å². The van der Waals surface area contributed by atoms with Gasteiger partial charge in [-0.05, 0) is 40.6 Å². The first kappa shape index (κ1) is 24.9. The maximum absolute atomic E-state index is 12.8. The molecule has 2 heterocycles. The van der Waals surface area contributed by atoms with Gasteiger partial charge in [-0.15, -0.1) is 23.8 Å². The first-order chi connectivity index (χ1) is 17.4. The number of ketones is 1. The normalized spacial score (nSPS) is 12.4. The van der Waals surface area contributed by atoms with Gasteiger partial charge in [0.1, 0.15) is 0 Å². The Morgan fingerprint density at radius 3 is 2.30 bits per heavy atom. The molecule has 7 rings (SSSR count). The smallest absolute Gasteiger partial charge is 0.296 e. The predicted octanol–water partition coefficient (Wildman–Crippen LogP) is 5.72. The zero-order valence-corrected chi connectivity index (χ0v) is 22.3. The van der Waals surface area contributed by atoms with Crippen LogP contribution in [0.25, 0.3) is 45.4 Å². The van der Waals surface area contributed by atoms with Gasteiger partial charge >= 0.3 is 10.1 Å². The van der Waals surface area contributed by atoms with Crippen molar-refractivity contribution in [2.45, 2.75) is 5.03 Å². The van der Waals surface area contributed by atoms with Crippen LogP contribution in [0.15, 0.2) is 90.1 Å². The Balaban J connectivity index is 0.000000218. The summed E-state index contributed by atoms with van der Waals surface area (Å²) < 4.78 is 29.1. The third-order valence-corrected chi connectivity index (χ3v) is 6.95. The Bertz CT molecular complexity index is 1830. The first-order valence-electron chi connectivity index (χ1n) is 11.1. The van der Waals surface area contributed by atoms with Crippen molar-refractivity contribution in [3.05, 3.63) is 113 Å². The minimum absolute atomic E-state index is 0. The number of nitrogens with zero attached hydrogens (tertiary/aromatic N) is 2. The topological polar surface area (TPSA) is 97.2 Å². The van der Waals surface area contributed by atoms with Gasteiger partial charge in [-0.3, -0.25) is 14.3 Å². The van der Waals surface area contributed by atoms with Gasteiger partial charge in [-0.1, -0.05) is 71.8 Å². The number of fused-ring (bicyclic) bond motifs is 3. The Morgan fingerprint density at radius 1 is 0.811 bits per heavy atom.